The normalized spacial score (nSPS) is 14.2. The van der Waals surface area contributed by atoms with Crippen LogP contribution in [-0.4, -0.2) is 27.1 Å². The Morgan fingerprint density at radius 3 is 2.54 bits per heavy atom. The SMILES string of the molecule is CS(=O)(=O)N1CCc2cc(NC(=O)c3cccc(C(F)(F)F)c3)ccc21. The van der Waals surface area contributed by atoms with Gasteiger partial charge in [-0.05, 0) is 48.4 Å². The number of fused-ring (bicyclic) bond motifs is 1. The molecule has 1 aliphatic heterocycles. The van der Waals surface area contributed by atoms with Gasteiger partial charge in [-0.3, -0.25) is 9.10 Å². The number of nitrogens with zero attached hydrogens (tertiary/aromatic N) is 1. The maximum absolute atomic E-state index is 12.8. The summed E-state index contributed by atoms with van der Waals surface area (Å²) in [5.74, 6) is -0.672. The minimum atomic E-state index is -4.53. The summed E-state index contributed by atoms with van der Waals surface area (Å²) in [6.07, 6.45) is -2.92. The Kier molecular flexibility index (Phi) is 4.43. The molecule has 26 heavy (non-hydrogen) atoms. The number of carbonyl (C=O) groups is 1. The van der Waals surface area contributed by atoms with Crippen molar-refractivity contribution in [1.82, 2.24) is 0 Å². The van der Waals surface area contributed by atoms with Crippen molar-refractivity contribution in [2.24, 2.45) is 0 Å². The second kappa shape index (κ2) is 6.31. The van der Waals surface area contributed by atoms with E-state index in [1.807, 2.05) is 0 Å². The van der Waals surface area contributed by atoms with Gasteiger partial charge in [-0.15, -0.1) is 0 Å². The van der Waals surface area contributed by atoms with Gasteiger partial charge in [0, 0.05) is 17.8 Å². The summed E-state index contributed by atoms with van der Waals surface area (Å²) < 4.78 is 63.0. The molecule has 1 heterocycles. The molecule has 2 aromatic rings. The van der Waals surface area contributed by atoms with Gasteiger partial charge in [0.1, 0.15) is 0 Å². The summed E-state index contributed by atoms with van der Waals surface area (Å²) in [4.78, 5) is 12.2. The Hall–Kier alpha value is -2.55. The topological polar surface area (TPSA) is 66.5 Å². The van der Waals surface area contributed by atoms with Crippen molar-refractivity contribution in [3.8, 4) is 0 Å². The molecule has 0 saturated heterocycles. The molecule has 0 unspecified atom stereocenters. The average molecular weight is 384 g/mol. The summed E-state index contributed by atoms with van der Waals surface area (Å²) in [6, 6.07) is 8.87. The van der Waals surface area contributed by atoms with Crippen molar-refractivity contribution in [3.63, 3.8) is 0 Å². The lowest BCUT2D eigenvalue weighted by Gasteiger charge is -2.16. The number of sulfonamides is 1. The van der Waals surface area contributed by atoms with Gasteiger partial charge in [0.2, 0.25) is 10.0 Å². The lowest BCUT2D eigenvalue weighted by molar-refractivity contribution is -0.137. The molecular formula is C17H15F3N2O3S. The zero-order chi connectivity index (χ0) is 19.1. The monoisotopic (exact) mass is 384 g/mol. The van der Waals surface area contributed by atoms with E-state index in [-0.39, 0.29) is 5.56 Å². The van der Waals surface area contributed by atoms with Gasteiger partial charge in [-0.25, -0.2) is 8.42 Å². The van der Waals surface area contributed by atoms with Crippen LogP contribution in [-0.2, 0) is 22.6 Å². The highest BCUT2D eigenvalue weighted by Gasteiger charge is 2.31. The van der Waals surface area contributed by atoms with E-state index >= 15 is 0 Å². The van der Waals surface area contributed by atoms with E-state index in [0.717, 1.165) is 24.0 Å². The Morgan fingerprint density at radius 1 is 1.15 bits per heavy atom. The van der Waals surface area contributed by atoms with Gasteiger partial charge in [0.05, 0.1) is 17.5 Å². The highest BCUT2D eigenvalue weighted by Crippen LogP contribution is 2.33. The van der Waals surface area contributed by atoms with Crippen LogP contribution in [0.25, 0.3) is 0 Å². The maximum Gasteiger partial charge on any atom is 0.416 e. The van der Waals surface area contributed by atoms with Crippen LogP contribution < -0.4 is 9.62 Å². The van der Waals surface area contributed by atoms with Crippen LogP contribution >= 0.6 is 0 Å². The summed E-state index contributed by atoms with van der Waals surface area (Å²) in [5, 5.41) is 2.55. The first-order valence-corrected chi connectivity index (χ1v) is 9.50. The molecule has 0 atom stereocenters. The van der Waals surface area contributed by atoms with Crippen LogP contribution in [0.3, 0.4) is 0 Å². The number of carbonyl (C=O) groups excluding carboxylic acids is 1. The third-order valence-corrected chi connectivity index (χ3v) is 5.22. The van der Waals surface area contributed by atoms with Crippen LogP contribution in [0.4, 0.5) is 24.5 Å². The first-order chi connectivity index (χ1) is 12.1. The zero-order valence-electron chi connectivity index (χ0n) is 13.7. The van der Waals surface area contributed by atoms with Crippen LogP contribution in [0.5, 0.6) is 0 Å². The van der Waals surface area contributed by atoms with Gasteiger partial charge >= 0.3 is 6.18 Å². The van der Waals surface area contributed by atoms with Crippen molar-refractivity contribution in [3.05, 3.63) is 59.2 Å². The molecule has 1 aliphatic rings. The summed E-state index contributed by atoms with van der Waals surface area (Å²) in [6.45, 7) is 0.319. The fraction of sp³-hybridized carbons (Fsp3) is 0.235. The summed E-state index contributed by atoms with van der Waals surface area (Å²) >= 11 is 0. The molecular weight excluding hydrogens is 369 g/mol. The fourth-order valence-electron chi connectivity index (χ4n) is 2.83. The minimum absolute atomic E-state index is 0.113. The zero-order valence-corrected chi connectivity index (χ0v) is 14.5. The van der Waals surface area contributed by atoms with Crippen molar-refractivity contribution in [1.29, 1.82) is 0 Å². The molecule has 0 fully saturated rings. The Balaban J connectivity index is 1.82. The lowest BCUT2D eigenvalue weighted by Crippen LogP contribution is -2.27. The minimum Gasteiger partial charge on any atom is -0.322 e. The molecule has 0 aliphatic carbocycles. The summed E-state index contributed by atoms with van der Waals surface area (Å²) in [7, 11) is -3.37. The number of benzene rings is 2. The largest absolute Gasteiger partial charge is 0.416 e. The second-order valence-electron chi connectivity index (χ2n) is 5.96. The van der Waals surface area contributed by atoms with E-state index in [1.54, 1.807) is 12.1 Å². The molecule has 5 nitrogen and oxygen atoms in total. The van der Waals surface area contributed by atoms with Crippen molar-refractivity contribution in [2.45, 2.75) is 12.6 Å². The smallest absolute Gasteiger partial charge is 0.322 e. The number of hydrogen-bond acceptors (Lipinski definition) is 3. The van der Waals surface area contributed by atoms with Crippen LogP contribution in [0.1, 0.15) is 21.5 Å². The highest BCUT2D eigenvalue weighted by atomic mass is 32.2. The third kappa shape index (κ3) is 3.67. The van der Waals surface area contributed by atoms with Gasteiger partial charge in [-0.2, -0.15) is 13.2 Å². The molecule has 9 heteroatoms. The molecule has 1 amide bonds. The number of nitrogens with one attached hydrogen (secondary N) is 1. The molecule has 0 aromatic heterocycles. The summed E-state index contributed by atoms with van der Waals surface area (Å²) in [5.41, 5.74) is 0.671. The van der Waals surface area contributed by atoms with Crippen LogP contribution in [0.15, 0.2) is 42.5 Å². The van der Waals surface area contributed by atoms with Crippen molar-refractivity contribution >= 4 is 27.3 Å². The molecule has 0 radical (unpaired) electrons. The predicted octanol–water partition coefficient (Wildman–Crippen LogP) is 3.28. The second-order valence-corrected chi connectivity index (χ2v) is 7.87. The van der Waals surface area contributed by atoms with Crippen LogP contribution in [0.2, 0.25) is 0 Å². The number of anilines is 2. The molecule has 0 spiro atoms. The molecule has 0 bridgehead atoms. The number of halogens is 3. The van der Waals surface area contributed by atoms with E-state index in [4.69, 9.17) is 0 Å². The number of alkyl halides is 3. The molecule has 3 rings (SSSR count). The maximum atomic E-state index is 12.8. The standard InChI is InChI=1S/C17H15F3N2O3S/c1-26(24,25)22-8-7-11-10-14(5-6-15(11)22)21-16(23)12-3-2-4-13(9-12)17(18,19)20/h2-6,9-10H,7-8H2,1H3,(H,21,23). The van der Waals surface area contributed by atoms with E-state index in [0.29, 0.717) is 24.3 Å². The average Bonchev–Trinajstić information content (AvgIpc) is 2.97. The molecule has 1 N–H and O–H groups in total. The quantitative estimate of drug-likeness (QED) is 0.883. The van der Waals surface area contributed by atoms with Gasteiger partial charge in [0.15, 0.2) is 0 Å². The van der Waals surface area contributed by atoms with E-state index in [9.17, 15) is 26.4 Å². The van der Waals surface area contributed by atoms with E-state index < -0.39 is 27.7 Å². The highest BCUT2D eigenvalue weighted by molar-refractivity contribution is 7.92. The first kappa shape index (κ1) is 18.2. The fourth-order valence-corrected chi connectivity index (χ4v) is 3.79. The number of rotatable bonds is 3. The Bertz CT molecular complexity index is 971. The Morgan fingerprint density at radius 2 is 1.88 bits per heavy atom. The lowest BCUT2D eigenvalue weighted by atomic mass is 10.1. The van der Waals surface area contributed by atoms with Gasteiger partial charge < -0.3 is 5.32 Å². The Labute approximate surface area is 148 Å². The van der Waals surface area contributed by atoms with Crippen LogP contribution in [0, 0.1) is 0 Å². The molecule has 2 aromatic carbocycles. The van der Waals surface area contributed by atoms with Gasteiger partial charge in [0.25, 0.3) is 5.91 Å². The van der Waals surface area contributed by atoms with E-state index in [1.165, 1.54) is 22.5 Å². The molecule has 138 valence electrons. The first-order valence-electron chi connectivity index (χ1n) is 7.65. The van der Waals surface area contributed by atoms with Crippen molar-refractivity contribution in [2.75, 3.05) is 22.4 Å². The third-order valence-electron chi connectivity index (χ3n) is 4.04. The van der Waals surface area contributed by atoms with E-state index in [2.05, 4.69) is 5.32 Å². The van der Waals surface area contributed by atoms with Crippen molar-refractivity contribution < 1.29 is 26.4 Å². The molecule has 0 saturated carbocycles. The predicted molar refractivity (Wildman–Crippen MR) is 91.7 cm³/mol. The van der Waals surface area contributed by atoms with Gasteiger partial charge in [-0.1, -0.05) is 6.07 Å². The number of hydrogen-bond donors (Lipinski definition) is 1. The number of amides is 1.